The second kappa shape index (κ2) is 8.19. The fourth-order valence-electron chi connectivity index (χ4n) is 3.26. The number of ether oxygens (including phenoxy) is 2. The molecule has 0 aromatic heterocycles. The number of hydrogen-bond acceptors (Lipinski definition) is 5. The van der Waals surface area contributed by atoms with Gasteiger partial charge in [0.15, 0.2) is 0 Å². The number of hydrogen-bond donors (Lipinski definition) is 0. The van der Waals surface area contributed by atoms with Crippen molar-refractivity contribution in [2.24, 2.45) is 0 Å². The molecular weight excluding hydrogens is 405 g/mol. The molecule has 1 saturated heterocycles. The molecule has 2 aliphatic heterocycles. The summed E-state index contributed by atoms with van der Waals surface area (Å²) in [5.74, 6) is 0. The molecule has 164 valence electrons. The molecule has 0 bridgehead atoms. The van der Waals surface area contributed by atoms with Crippen LogP contribution in [0.4, 0.5) is 4.79 Å². The summed E-state index contributed by atoms with van der Waals surface area (Å²) in [7, 11) is -0.551. The standard InChI is InChI=1S/C22H31BClNO5/c1-20(2,3)28-19(26)25-9-11-27-10-8-18(25)15-12-16(14-17(24)13-15)23-29-21(4,5)22(6,7)30-23/h8,12-14H,9-11H2,1-7H3. The van der Waals surface area contributed by atoms with Crippen LogP contribution >= 0.6 is 11.6 Å². The summed E-state index contributed by atoms with van der Waals surface area (Å²) in [6.07, 6.45) is 1.45. The summed E-state index contributed by atoms with van der Waals surface area (Å²) in [6.45, 7) is 14.8. The van der Waals surface area contributed by atoms with Crippen molar-refractivity contribution in [3.8, 4) is 0 Å². The molecule has 0 N–H and O–H groups in total. The van der Waals surface area contributed by atoms with E-state index in [4.69, 9.17) is 30.4 Å². The summed E-state index contributed by atoms with van der Waals surface area (Å²) < 4.78 is 23.5. The number of halogens is 1. The van der Waals surface area contributed by atoms with Crippen molar-refractivity contribution >= 4 is 36.0 Å². The minimum Gasteiger partial charge on any atom is -0.443 e. The average Bonchev–Trinajstić information content (AvgIpc) is 2.77. The van der Waals surface area contributed by atoms with Crippen molar-refractivity contribution in [3.63, 3.8) is 0 Å². The Balaban J connectivity index is 1.95. The highest BCUT2D eigenvalue weighted by Gasteiger charge is 2.51. The smallest absolute Gasteiger partial charge is 0.443 e. The molecule has 2 aliphatic rings. The number of benzene rings is 1. The predicted octanol–water partition coefficient (Wildman–Crippen LogP) is 4.25. The second-order valence-corrected chi connectivity index (χ2v) is 10.1. The Bertz CT molecular complexity index is 830. The van der Waals surface area contributed by atoms with Crippen LogP contribution in [0.25, 0.3) is 5.70 Å². The Morgan fingerprint density at radius 2 is 1.77 bits per heavy atom. The average molecular weight is 436 g/mol. The molecule has 1 aromatic rings. The van der Waals surface area contributed by atoms with E-state index in [9.17, 15) is 4.79 Å². The predicted molar refractivity (Wildman–Crippen MR) is 119 cm³/mol. The monoisotopic (exact) mass is 435 g/mol. The zero-order chi connectivity index (χ0) is 22.3. The maximum atomic E-state index is 12.9. The van der Waals surface area contributed by atoms with Crippen molar-refractivity contribution in [1.29, 1.82) is 0 Å². The van der Waals surface area contributed by atoms with Gasteiger partial charge in [-0.15, -0.1) is 0 Å². The van der Waals surface area contributed by atoms with E-state index in [2.05, 4.69) is 0 Å². The topological polar surface area (TPSA) is 57.2 Å². The number of amides is 1. The van der Waals surface area contributed by atoms with Crippen molar-refractivity contribution < 1.29 is 23.6 Å². The summed E-state index contributed by atoms with van der Waals surface area (Å²) in [6, 6.07) is 5.60. The van der Waals surface area contributed by atoms with Crippen LogP contribution in [0.1, 0.15) is 54.0 Å². The molecule has 8 heteroatoms. The molecule has 0 radical (unpaired) electrons. The van der Waals surface area contributed by atoms with E-state index in [-0.39, 0.29) is 0 Å². The Morgan fingerprint density at radius 3 is 2.37 bits per heavy atom. The molecule has 30 heavy (non-hydrogen) atoms. The van der Waals surface area contributed by atoms with E-state index in [1.807, 2.05) is 72.7 Å². The molecule has 0 spiro atoms. The molecule has 1 fully saturated rings. The van der Waals surface area contributed by atoms with Gasteiger partial charge in [0.25, 0.3) is 0 Å². The lowest BCUT2D eigenvalue weighted by Gasteiger charge is -2.32. The highest BCUT2D eigenvalue weighted by atomic mass is 35.5. The number of rotatable bonds is 2. The molecule has 3 rings (SSSR count). The number of carbonyl (C=O) groups excluding carboxylic acids is 1. The Kier molecular flexibility index (Phi) is 6.32. The van der Waals surface area contributed by atoms with Crippen LogP contribution in [-0.4, -0.2) is 54.7 Å². The van der Waals surface area contributed by atoms with Crippen LogP contribution < -0.4 is 5.46 Å². The van der Waals surface area contributed by atoms with Gasteiger partial charge in [0.05, 0.1) is 36.7 Å². The van der Waals surface area contributed by atoms with Gasteiger partial charge in [-0.25, -0.2) is 4.79 Å². The largest absolute Gasteiger partial charge is 0.494 e. The minimum absolute atomic E-state index is 0.388. The van der Waals surface area contributed by atoms with Crippen LogP contribution in [0.5, 0.6) is 0 Å². The van der Waals surface area contributed by atoms with Gasteiger partial charge in [0, 0.05) is 5.02 Å². The van der Waals surface area contributed by atoms with E-state index in [0.29, 0.717) is 30.5 Å². The van der Waals surface area contributed by atoms with Gasteiger partial charge in [-0.2, -0.15) is 0 Å². The first-order valence-electron chi connectivity index (χ1n) is 10.2. The summed E-state index contributed by atoms with van der Waals surface area (Å²) >= 11 is 6.46. The first kappa shape index (κ1) is 23.1. The summed E-state index contributed by atoms with van der Waals surface area (Å²) in [5.41, 5.74) is 0.755. The second-order valence-electron chi connectivity index (χ2n) is 9.66. The first-order chi connectivity index (χ1) is 13.8. The van der Waals surface area contributed by atoms with E-state index < -0.39 is 30.0 Å². The molecule has 0 unspecified atom stereocenters. The molecule has 1 aromatic carbocycles. The third-order valence-electron chi connectivity index (χ3n) is 5.50. The number of nitrogens with zero attached hydrogens (tertiary/aromatic N) is 1. The molecule has 0 atom stereocenters. The van der Waals surface area contributed by atoms with Crippen LogP contribution in [0.15, 0.2) is 24.3 Å². The van der Waals surface area contributed by atoms with Crippen LogP contribution in [0.2, 0.25) is 5.02 Å². The minimum atomic E-state index is -0.600. The van der Waals surface area contributed by atoms with Crippen molar-refractivity contribution in [3.05, 3.63) is 34.9 Å². The maximum absolute atomic E-state index is 12.9. The highest BCUT2D eigenvalue weighted by Crippen LogP contribution is 2.37. The highest BCUT2D eigenvalue weighted by molar-refractivity contribution is 6.62. The summed E-state index contributed by atoms with van der Waals surface area (Å²) in [4.78, 5) is 14.5. The Morgan fingerprint density at radius 1 is 1.13 bits per heavy atom. The molecular formula is C22H31BClNO5. The zero-order valence-electron chi connectivity index (χ0n) is 18.9. The Hall–Kier alpha value is -1.54. The lowest BCUT2D eigenvalue weighted by Crippen LogP contribution is -2.41. The fraction of sp³-hybridized carbons (Fsp3) is 0.591. The quantitative estimate of drug-likeness (QED) is 0.650. The van der Waals surface area contributed by atoms with Gasteiger partial charge in [0.2, 0.25) is 0 Å². The normalized spacial score (nSPS) is 21.3. The number of carbonyl (C=O) groups is 1. The van der Waals surface area contributed by atoms with Crippen molar-refractivity contribution in [1.82, 2.24) is 4.90 Å². The van der Waals surface area contributed by atoms with Crippen LogP contribution in [0.3, 0.4) is 0 Å². The zero-order valence-corrected chi connectivity index (χ0v) is 19.6. The third-order valence-corrected chi connectivity index (χ3v) is 5.72. The van der Waals surface area contributed by atoms with E-state index in [1.54, 1.807) is 4.90 Å². The van der Waals surface area contributed by atoms with E-state index >= 15 is 0 Å². The molecule has 0 saturated carbocycles. The van der Waals surface area contributed by atoms with Gasteiger partial charge >= 0.3 is 13.2 Å². The lowest BCUT2D eigenvalue weighted by molar-refractivity contribution is 0.00578. The van der Waals surface area contributed by atoms with Gasteiger partial charge in [0.1, 0.15) is 5.60 Å². The van der Waals surface area contributed by atoms with Crippen molar-refractivity contribution in [2.75, 3.05) is 19.8 Å². The first-order valence-corrected chi connectivity index (χ1v) is 10.6. The van der Waals surface area contributed by atoms with Crippen LogP contribution in [0, 0.1) is 0 Å². The van der Waals surface area contributed by atoms with E-state index in [1.165, 1.54) is 0 Å². The molecule has 2 heterocycles. The summed E-state index contributed by atoms with van der Waals surface area (Å²) in [5, 5.41) is 0.535. The lowest BCUT2D eigenvalue weighted by atomic mass is 9.78. The molecule has 1 amide bonds. The van der Waals surface area contributed by atoms with Gasteiger partial charge in [-0.3, -0.25) is 4.90 Å². The molecule has 6 nitrogen and oxygen atoms in total. The van der Waals surface area contributed by atoms with Crippen LogP contribution in [-0.2, 0) is 18.8 Å². The van der Waals surface area contributed by atoms with Crippen molar-refractivity contribution in [2.45, 2.75) is 65.3 Å². The molecule has 0 aliphatic carbocycles. The fourth-order valence-corrected chi connectivity index (χ4v) is 3.51. The van der Waals surface area contributed by atoms with Gasteiger partial charge in [-0.05, 0) is 77.7 Å². The van der Waals surface area contributed by atoms with Gasteiger partial charge < -0.3 is 18.8 Å². The SMILES string of the molecule is CC(C)(C)OC(=O)N1CCOCC=C1c1cc(Cl)cc(B2OC(C)(C)C(C)(C)O2)c1. The van der Waals surface area contributed by atoms with E-state index in [0.717, 1.165) is 11.0 Å². The van der Waals surface area contributed by atoms with Gasteiger partial charge in [-0.1, -0.05) is 17.7 Å². The Labute approximate surface area is 184 Å². The maximum Gasteiger partial charge on any atom is 0.494 e. The third kappa shape index (κ3) is 5.02.